The number of thiazole rings is 1. The Balaban J connectivity index is 1.36. The number of nitrogens with one attached hydrogen (secondary N) is 2. The van der Waals surface area contributed by atoms with E-state index in [0.29, 0.717) is 41.4 Å². The summed E-state index contributed by atoms with van der Waals surface area (Å²) in [4.78, 5) is 24.7. The molecule has 0 radical (unpaired) electrons. The van der Waals surface area contributed by atoms with Crippen LogP contribution in [0.15, 0.2) is 36.4 Å². The van der Waals surface area contributed by atoms with Gasteiger partial charge in [0.25, 0.3) is 5.91 Å². The van der Waals surface area contributed by atoms with Crippen molar-refractivity contribution in [3.05, 3.63) is 47.0 Å². The number of amides is 1. The number of aromatic nitrogens is 3. The molecule has 0 unspecified atom stereocenters. The maximum absolute atomic E-state index is 13.0. The Morgan fingerprint density at radius 3 is 2.78 bits per heavy atom. The summed E-state index contributed by atoms with van der Waals surface area (Å²) in [6.45, 7) is 3.72. The molecule has 9 nitrogen and oxygen atoms in total. The predicted octanol–water partition coefficient (Wildman–Crippen LogP) is 3.88. The normalized spacial score (nSPS) is 15.1. The number of nitrogens with zero attached hydrogens (tertiary/aromatic N) is 4. The highest BCUT2D eigenvalue weighted by Gasteiger charge is 2.22. The van der Waals surface area contributed by atoms with Gasteiger partial charge < -0.3 is 29.9 Å². The van der Waals surface area contributed by atoms with Crippen molar-refractivity contribution >= 4 is 61.2 Å². The van der Waals surface area contributed by atoms with Crippen LogP contribution in [0.25, 0.3) is 21.3 Å². The summed E-state index contributed by atoms with van der Waals surface area (Å²) in [7, 11) is 1.67. The largest absolute Gasteiger partial charge is 0.395 e. The Labute approximate surface area is 218 Å². The van der Waals surface area contributed by atoms with E-state index in [2.05, 4.69) is 20.5 Å². The monoisotopic (exact) mass is 528 g/mol. The second kappa shape index (κ2) is 11.1. The van der Waals surface area contributed by atoms with Crippen LogP contribution in [0.5, 0.6) is 0 Å². The lowest BCUT2D eigenvalue weighted by molar-refractivity contribution is 0.0903. The highest BCUT2D eigenvalue weighted by molar-refractivity contribution is 7.22. The van der Waals surface area contributed by atoms with Crippen molar-refractivity contribution in [2.24, 2.45) is 0 Å². The average Bonchev–Trinajstić information content (AvgIpc) is 3.43. The lowest BCUT2D eigenvalue weighted by atomic mass is 10.0. The van der Waals surface area contributed by atoms with E-state index in [9.17, 15) is 4.79 Å². The van der Waals surface area contributed by atoms with Gasteiger partial charge in [0, 0.05) is 49.9 Å². The van der Waals surface area contributed by atoms with E-state index in [0.717, 1.165) is 47.2 Å². The number of likely N-dealkylation sites (tertiary alicyclic amines) is 1. The van der Waals surface area contributed by atoms with Crippen molar-refractivity contribution in [2.45, 2.75) is 25.4 Å². The molecule has 3 heterocycles. The number of ether oxygens (including phenoxy) is 1. The van der Waals surface area contributed by atoms with Crippen LogP contribution >= 0.6 is 22.9 Å². The van der Waals surface area contributed by atoms with E-state index in [1.165, 1.54) is 11.3 Å². The maximum atomic E-state index is 13.0. The van der Waals surface area contributed by atoms with Crippen molar-refractivity contribution in [3.8, 4) is 0 Å². The molecule has 1 saturated heterocycles. The van der Waals surface area contributed by atoms with Crippen molar-refractivity contribution < 1.29 is 14.6 Å². The standard InChI is InChI=1S/C25H29ClN6O3S/c1-35-13-11-32-21-5-2-16(23(34)27-18-6-8-31(9-7-18)10-12-33)14-20(21)28-24(32)30-25-29-19-4-3-17(26)15-22(19)36-25/h2-5,14-15,18,33H,6-13H2,1H3,(H,27,34)(H,28,29,30). The number of benzene rings is 2. The minimum Gasteiger partial charge on any atom is -0.395 e. The summed E-state index contributed by atoms with van der Waals surface area (Å²) in [5, 5.41) is 17.0. The van der Waals surface area contributed by atoms with Gasteiger partial charge in [0.1, 0.15) is 0 Å². The van der Waals surface area contributed by atoms with Gasteiger partial charge in [-0.3, -0.25) is 4.79 Å². The summed E-state index contributed by atoms with van der Waals surface area (Å²) >= 11 is 7.64. The molecular formula is C25H29ClN6O3S. The van der Waals surface area contributed by atoms with Gasteiger partial charge in [-0.15, -0.1) is 0 Å². The first-order chi connectivity index (χ1) is 17.5. The molecule has 0 aliphatic carbocycles. The lowest BCUT2D eigenvalue weighted by Crippen LogP contribution is -2.45. The number of hydrogen-bond donors (Lipinski definition) is 3. The number of β-amino-alcohol motifs (C(OH)–C–C–N with tert-alkyl or cyclic N) is 1. The minimum atomic E-state index is -0.0958. The number of piperidine rings is 1. The molecule has 0 atom stereocenters. The van der Waals surface area contributed by atoms with Gasteiger partial charge in [0.2, 0.25) is 5.95 Å². The van der Waals surface area contributed by atoms with E-state index in [4.69, 9.17) is 26.4 Å². The van der Waals surface area contributed by atoms with Crippen molar-refractivity contribution in [1.29, 1.82) is 0 Å². The first-order valence-electron chi connectivity index (χ1n) is 12.0. The number of hydrogen-bond acceptors (Lipinski definition) is 8. The van der Waals surface area contributed by atoms with E-state index in [1.807, 2.05) is 41.0 Å². The molecule has 1 fully saturated rings. The molecule has 190 valence electrons. The topological polar surface area (TPSA) is 105 Å². The zero-order valence-corrected chi connectivity index (χ0v) is 21.6. The molecule has 1 amide bonds. The van der Waals surface area contributed by atoms with Crippen LogP contribution < -0.4 is 10.6 Å². The van der Waals surface area contributed by atoms with Gasteiger partial charge in [-0.1, -0.05) is 22.9 Å². The van der Waals surface area contributed by atoms with E-state index >= 15 is 0 Å². The van der Waals surface area contributed by atoms with Gasteiger partial charge in [-0.05, 0) is 49.2 Å². The summed E-state index contributed by atoms with van der Waals surface area (Å²) in [6, 6.07) is 11.4. The van der Waals surface area contributed by atoms with E-state index in [-0.39, 0.29) is 18.6 Å². The van der Waals surface area contributed by atoms with Crippen LogP contribution in [0.4, 0.5) is 11.1 Å². The van der Waals surface area contributed by atoms with Crippen molar-refractivity contribution in [1.82, 2.24) is 24.8 Å². The van der Waals surface area contributed by atoms with Gasteiger partial charge in [0.05, 0.1) is 34.5 Å². The zero-order chi connectivity index (χ0) is 25.1. The van der Waals surface area contributed by atoms with Crippen LogP contribution in [-0.4, -0.2) is 76.4 Å². The fourth-order valence-electron chi connectivity index (χ4n) is 4.53. The first-order valence-corrected chi connectivity index (χ1v) is 13.2. The van der Waals surface area contributed by atoms with Gasteiger partial charge >= 0.3 is 0 Å². The molecule has 11 heteroatoms. The lowest BCUT2D eigenvalue weighted by Gasteiger charge is -2.31. The first kappa shape index (κ1) is 24.9. The van der Waals surface area contributed by atoms with Crippen LogP contribution in [-0.2, 0) is 11.3 Å². The Morgan fingerprint density at radius 1 is 1.17 bits per heavy atom. The third-order valence-corrected chi connectivity index (χ3v) is 7.61. The number of methoxy groups -OCH3 is 1. The molecule has 0 saturated carbocycles. The molecule has 1 aliphatic rings. The number of aliphatic hydroxyl groups is 1. The number of aliphatic hydroxyl groups excluding tert-OH is 1. The highest BCUT2D eigenvalue weighted by Crippen LogP contribution is 2.31. The molecule has 5 rings (SSSR count). The fourth-order valence-corrected chi connectivity index (χ4v) is 5.67. The smallest absolute Gasteiger partial charge is 0.251 e. The number of carbonyl (C=O) groups is 1. The summed E-state index contributed by atoms with van der Waals surface area (Å²) in [6.07, 6.45) is 1.75. The van der Waals surface area contributed by atoms with Crippen molar-refractivity contribution in [3.63, 3.8) is 0 Å². The van der Waals surface area contributed by atoms with Crippen molar-refractivity contribution in [2.75, 3.05) is 45.3 Å². The van der Waals surface area contributed by atoms with Crippen LogP contribution in [0.3, 0.4) is 0 Å². The number of fused-ring (bicyclic) bond motifs is 2. The maximum Gasteiger partial charge on any atom is 0.251 e. The Kier molecular flexibility index (Phi) is 7.68. The quantitative estimate of drug-likeness (QED) is 0.303. The summed E-state index contributed by atoms with van der Waals surface area (Å²) in [5.74, 6) is 0.544. The average molecular weight is 529 g/mol. The number of anilines is 2. The Hall–Kier alpha value is -2.76. The SMILES string of the molecule is COCCn1c(Nc2nc3ccc(Cl)cc3s2)nc2cc(C(=O)NC3CCN(CCO)CC3)ccc21. The molecular weight excluding hydrogens is 500 g/mol. The number of carbonyl (C=O) groups excluding carboxylic acids is 1. The van der Waals surface area contributed by atoms with Gasteiger partial charge in [-0.2, -0.15) is 0 Å². The van der Waals surface area contributed by atoms with Gasteiger partial charge in [-0.25, -0.2) is 9.97 Å². The molecule has 4 aromatic rings. The summed E-state index contributed by atoms with van der Waals surface area (Å²) < 4.78 is 8.34. The van der Waals surface area contributed by atoms with Crippen LogP contribution in [0.1, 0.15) is 23.2 Å². The number of rotatable bonds is 9. The summed E-state index contributed by atoms with van der Waals surface area (Å²) in [5.41, 5.74) is 3.08. The second-order valence-corrected chi connectivity index (χ2v) is 10.3. The Bertz CT molecular complexity index is 1360. The molecule has 3 N–H and O–H groups in total. The zero-order valence-electron chi connectivity index (χ0n) is 20.0. The molecule has 0 spiro atoms. The van der Waals surface area contributed by atoms with Crippen LogP contribution in [0, 0.1) is 0 Å². The van der Waals surface area contributed by atoms with E-state index < -0.39 is 0 Å². The van der Waals surface area contributed by atoms with Crippen LogP contribution in [0.2, 0.25) is 5.02 Å². The highest BCUT2D eigenvalue weighted by atomic mass is 35.5. The molecule has 2 aromatic carbocycles. The number of imidazole rings is 1. The fraction of sp³-hybridized carbons (Fsp3) is 0.400. The minimum absolute atomic E-state index is 0.0958. The number of halogens is 1. The predicted molar refractivity (Wildman–Crippen MR) is 144 cm³/mol. The molecule has 2 aromatic heterocycles. The molecule has 0 bridgehead atoms. The second-order valence-electron chi connectivity index (χ2n) is 8.85. The molecule has 36 heavy (non-hydrogen) atoms. The molecule has 1 aliphatic heterocycles. The third kappa shape index (κ3) is 5.47. The van der Waals surface area contributed by atoms with E-state index in [1.54, 1.807) is 7.11 Å². The third-order valence-electron chi connectivity index (χ3n) is 6.44. The van der Waals surface area contributed by atoms with Gasteiger partial charge in [0.15, 0.2) is 5.13 Å². The Morgan fingerprint density at radius 2 is 2.00 bits per heavy atom.